The second kappa shape index (κ2) is 5.20. The lowest BCUT2D eigenvalue weighted by Gasteiger charge is -2.25. The van der Waals surface area contributed by atoms with Gasteiger partial charge in [-0.1, -0.05) is 12.2 Å². The Labute approximate surface area is 78.2 Å². The van der Waals surface area contributed by atoms with Gasteiger partial charge in [0.1, 0.15) is 0 Å². The summed E-state index contributed by atoms with van der Waals surface area (Å²) in [7, 11) is 0. The van der Waals surface area contributed by atoms with E-state index in [1.54, 1.807) is 0 Å². The highest BCUT2D eigenvalue weighted by atomic mass is 35.5. The van der Waals surface area contributed by atoms with Crippen LogP contribution >= 0.6 is 11.6 Å². The average molecular weight is 188 g/mol. The van der Waals surface area contributed by atoms with Crippen molar-refractivity contribution in [3.05, 3.63) is 12.2 Å². The average Bonchev–Trinajstić information content (AvgIpc) is 2.09. The molecule has 68 valence electrons. The number of alkyl halides is 1. The standard InChI is InChI=1S/C9H14ClNO/c10-6-2-4-8-11-7-3-1-5-9(11)12/h2,4H,1,3,5-8H2/b4-2+. The zero-order chi connectivity index (χ0) is 8.81. The Hall–Kier alpha value is -0.500. The molecule has 3 heteroatoms. The van der Waals surface area contributed by atoms with Gasteiger partial charge in [-0.25, -0.2) is 0 Å². The van der Waals surface area contributed by atoms with E-state index in [0.717, 1.165) is 25.9 Å². The second-order valence-electron chi connectivity index (χ2n) is 2.92. The number of likely N-dealkylation sites (tertiary alicyclic amines) is 1. The molecular weight excluding hydrogens is 174 g/mol. The van der Waals surface area contributed by atoms with E-state index >= 15 is 0 Å². The van der Waals surface area contributed by atoms with Crippen molar-refractivity contribution < 1.29 is 4.79 Å². The highest BCUT2D eigenvalue weighted by Crippen LogP contribution is 2.09. The molecular formula is C9H14ClNO. The lowest BCUT2D eigenvalue weighted by molar-refractivity contribution is -0.132. The smallest absolute Gasteiger partial charge is 0.222 e. The maximum Gasteiger partial charge on any atom is 0.222 e. The van der Waals surface area contributed by atoms with Crippen LogP contribution < -0.4 is 0 Å². The number of hydrogen-bond donors (Lipinski definition) is 0. The van der Waals surface area contributed by atoms with Crippen LogP contribution in [0.2, 0.25) is 0 Å². The minimum atomic E-state index is 0.278. The summed E-state index contributed by atoms with van der Waals surface area (Å²) in [5, 5.41) is 0. The van der Waals surface area contributed by atoms with Crippen LogP contribution in [-0.2, 0) is 4.79 Å². The van der Waals surface area contributed by atoms with Crippen molar-refractivity contribution in [2.45, 2.75) is 19.3 Å². The fourth-order valence-electron chi connectivity index (χ4n) is 1.32. The monoisotopic (exact) mass is 187 g/mol. The maximum atomic E-state index is 11.2. The Balaban J connectivity index is 2.29. The van der Waals surface area contributed by atoms with Crippen molar-refractivity contribution in [1.29, 1.82) is 0 Å². The van der Waals surface area contributed by atoms with Crippen molar-refractivity contribution in [3.8, 4) is 0 Å². The van der Waals surface area contributed by atoms with Gasteiger partial charge in [0.05, 0.1) is 0 Å². The lowest BCUT2D eigenvalue weighted by atomic mass is 10.1. The van der Waals surface area contributed by atoms with Gasteiger partial charge in [-0.05, 0) is 12.8 Å². The molecule has 0 radical (unpaired) electrons. The molecule has 1 rings (SSSR count). The van der Waals surface area contributed by atoms with E-state index in [-0.39, 0.29) is 5.91 Å². The summed E-state index contributed by atoms with van der Waals surface area (Å²) in [6.45, 7) is 1.64. The molecule has 1 aliphatic rings. The van der Waals surface area contributed by atoms with E-state index in [4.69, 9.17) is 11.6 Å². The van der Waals surface area contributed by atoms with Crippen LogP contribution in [0.4, 0.5) is 0 Å². The summed E-state index contributed by atoms with van der Waals surface area (Å²) in [5.74, 6) is 0.808. The molecule has 1 heterocycles. The van der Waals surface area contributed by atoms with Crippen molar-refractivity contribution in [2.75, 3.05) is 19.0 Å². The van der Waals surface area contributed by atoms with Crippen molar-refractivity contribution in [1.82, 2.24) is 4.90 Å². The second-order valence-corrected chi connectivity index (χ2v) is 3.23. The molecule has 12 heavy (non-hydrogen) atoms. The molecule has 0 aliphatic carbocycles. The Bertz CT molecular complexity index is 179. The molecule has 0 N–H and O–H groups in total. The molecule has 0 aromatic carbocycles. The molecule has 0 aromatic rings. The number of carbonyl (C=O) groups excluding carboxylic acids is 1. The zero-order valence-corrected chi connectivity index (χ0v) is 7.89. The molecule has 1 aliphatic heterocycles. The fourth-order valence-corrected chi connectivity index (χ4v) is 1.45. The molecule has 1 fully saturated rings. The largest absolute Gasteiger partial charge is 0.339 e. The summed E-state index contributed by atoms with van der Waals surface area (Å²) in [5.41, 5.74) is 0. The summed E-state index contributed by atoms with van der Waals surface area (Å²) < 4.78 is 0. The Morgan fingerprint density at radius 3 is 2.92 bits per heavy atom. The Kier molecular flexibility index (Phi) is 4.15. The molecule has 0 atom stereocenters. The quantitative estimate of drug-likeness (QED) is 0.488. The number of piperidine rings is 1. The predicted molar refractivity (Wildman–Crippen MR) is 50.3 cm³/mol. The minimum absolute atomic E-state index is 0.278. The van der Waals surface area contributed by atoms with E-state index < -0.39 is 0 Å². The van der Waals surface area contributed by atoms with Crippen molar-refractivity contribution >= 4 is 17.5 Å². The lowest BCUT2D eigenvalue weighted by Crippen LogP contribution is -2.35. The van der Waals surface area contributed by atoms with Gasteiger partial charge in [-0.15, -0.1) is 11.6 Å². The fraction of sp³-hybridized carbons (Fsp3) is 0.667. The van der Waals surface area contributed by atoms with Gasteiger partial charge in [0, 0.05) is 25.4 Å². The molecule has 0 spiro atoms. The summed E-state index contributed by atoms with van der Waals surface area (Å²) in [6.07, 6.45) is 6.74. The van der Waals surface area contributed by atoms with Gasteiger partial charge in [0.15, 0.2) is 0 Å². The Morgan fingerprint density at radius 1 is 1.42 bits per heavy atom. The number of nitrogens with zero attached hydrogens (tertiary/aromatic N) is 1. The molecule has 1 amide bonds. The van der Waals surface area contributed by atoms with Gasteiger partial charge < -0.3 is 4.90 Å². The summed E-state index contributed by atoms with van der Waals surface area (Å²) in [6, 6.07) is 0. The summed E-state index contributed by atoms with van der Waals surface area (Å²) in [4.78, 5) is 13.1. The molecule has 0 bridgehead atoms. The number of halogens is 1. The predicted octanol–water partition coefficient (Wildman–Crippen LogP) is 1.79. The first-order valence-electron chi connectivity index (χ1n) is 4.33. The number of amides is 1. The topological polar surface area (TPSA) is 20.3 Å². The van der Waals surface area contributed by atoms with E-state index in [1.807, 2.05) is 17.1 Å². The normalized spacial score (nSPS) is 19.1. The van der Waals surface area contributed by atoms with Gasteiger partial charge in [0.25, 0.3) is 0 Å². The molecule has 1 saturated heterocycles. The van der Waals surface area contributed by atoms with Crippen molar-refractivity contribution in [3.63, 3.8) is 0 Å². The maximum absolute atomic E-state index is 11.2. The van der Waals surface area contributed by atoms with Gasteiger partial charge >= 0.3 is 0 Å². The van der Waals surface area contributed by atoms with E-state index in [9.17, 15) is 4.79 Å². The number of allylic oxidation sites excluding steroid dienone is 1. The molecule has 0 unspecified atom stereocenters. The summed E-state index contributed by atoms with van der Waals surface area (Å²) >= 11 is 5.47. The molecule has 0 saturated carbocycles. The van der Waals surface area contributed by atoms with Crippen LogP contribution in [0.25, 0.3) is 0 Å². The molecule has 0 aromatic heterocycles. The first-order chi connectivity index (χ1) is 5.84. The highest BCUT2D eigenvalue weighted by molar-refractivity contribution is 6.18. The third-order valence-electron chi connectivity index (χ3n) is 2.00. The van der Waals surface area contributed by atoms with Gasteiger partial charge in [-0.3, -0.25) is 4.79 Å². The number of rotatable bonds is 3. The third-order valence-corrected chi connectivity index (χ3v) is 2.18. The van der Waals surface area contributed by atoms with Crippen LogP contribution in [-0.4, -0.2) is 29.8 Å². The minimum Gasteiger partial charge on any atom is -0.339 e. The number of carbonyl (C=O) groups is 1. The van der Waals surface area contributed by atoms with E-state index in [0.29, 0.717) is 12.3 Å². The van der Waals surface area contributed by atoms with Crippen LogP contribution in [0.15, 0.2) is 12.2 Å². The SMILES string of the molecule is O=C1CCCCN1C/C=C/CCl. The van der Waals surface area contributed by atoms with Gasteiger partial charge in [-0.2, -0.15) is 0 Å². The van der Waals surface area contributed by atoms with E-state index in [1.165, 1.54) is 0 Å². The molecule has 2 nitrogen and oxygen atoms in total. The van der Waals surface area contributed by atoms with E-state index in [2.05, 4.69) is 0 Å². The van der Waals surface area contributed by atoms with Gasteiger partial charge in [0.2, 0.25) is 5.91 Å². The van der Waals surface area contributed by atoms with Crippen LogP contribution in [0.1, 0.15) is 19.3 Å². The first kappa shape index (κ1) is 9.59. The van der Waals surface area contributed by atoms with Crippen molar-refractivity contribution in [2.24, 2.45) is 0 Å². The Morgan fingerprint density at radius 2 is 2.25 bits per heavy atom. The van der Waals surface area contributed by atoms with Crippen LogP contribution in [0, 0.1) is 0 Å². The first-order valence-corrected chi connectivity index (χ1v) is 4.87. The zero-order valence-electron chi connectivity index (χ0n) is 7.13. The third kappa shape index (κ3) is 2.86. The van der Waals surface area contributed by atoms with Crippen LogP contribution in [0.5, 0.6) is 0 Å². The number of hydrogen-bond acceptors (Lipinski definition) is 1. The highest BCUT2D eigenvalue weighted by Gasteiger charge is 2.15. The van der Waals surface area contributed by atoms with Crippen LogP contribution in [0.3, 0.4) is 0 Å².